The van der Waals surface area contributed by atoms with E-state index in [1.807, 2.05) is 15.9 Å². The van der Waals surface area contributed by atoms with Crippen molar-refractivity contribution in [3.63, 3.8) is 0 Å². The van der Waals surface area contributed by atoms with Crippen molar-refractivity contribution in [2.24, 2.45) is 0 Å². The van der Waals surface area contributed by atoms with Gasteiger partial charge in [-0.3, -0.25) is 14.7 Å². The van der Waals surface area contributed by atoms with E-state index in [4.69, 9.17) is 4.74 Å². The molecule has 2 saturated heterocycles. The molecule has 3 atom stereocenters. The zero-order valence-corrected chi connectivity index (χ0v) is 20.1. The Bertz CT molecular complexity index is 1090. The van der Waals surface area contributed by atoms with Gasteiger partial charge in [0, 0.05) is 58.0 Å². The highest BCUT2D eigenvalue weighted by molar-refractivity contribution is 5.71. The Kier molecular flexibility index (Phi) is 6.14. The highest BCUT2D eigenvalue weighted by Crippen LogP contribution is 2.32. The van der Waals surface area contributed by atoms with Crippen molar-refractivity contribution >= 4 is 11.8 Å². The van der Waals surface area contributed by atoms with E-state index in [1.165, 1.54) is 11.1 Å². The number of aliphatic hydroxyl groups is 2. The second-order valence-electron chi connectivity index (χ2n) is 10.3. The number of ether oxygens (including phenoxy) is 1. The quantitative estimate of drug-likeness (QED) is 0.676. The maximum Gasteiger partial charge on any atom is 0.410 e. The third-order valence-corrected chi connectivity index (χ3v) is 8.02. The Morgan fingerprint density at radius 1 is 0.971 bits per heavy atom. The van der Waals surface area contributed by atoms with Crippen LogP contribution < -0.4 is 4.90 Å². The van der Waals surface area contributed by atoms with Crippen molar-refractivity contribution in [3.05, 3.63) is 64.7 Å². The monoisotopic (exact) mass is 478 g/mol. The van der Waals surface area contributed by atoms with Crippen LogP contribution in [0.4, 0.5) is 10.5 Å². The summed E-state index contributed by atoms with van der Waals surface area (Å²) in [5.41, 5.74) is 5.98. The van der Waals surface area contributed by atoms with Crippen LogP contribution in [0.5, 0.6) is 0 Å². The second kappa shape index (κ2) is 9.43. The SMILES string of the molecule is O=C1OCC2CN(c3ccc4c(c3)CCN(C[C@H](O)CN3CCc5ccccc5C3)C4O)CCN12. The molecule has 8 heteroatoms. The number of rotatable bonds is 5. The smallest absolute Gasteiger partial charge is 0.410 e. The van der Waals surface area contributed by atoms with E-state index in [0.29, 0.717) is 26.2 Å². The van der Waals surface area contributed by atoms with E-state index in [1.54, 1.807) is 0 Å². The molecule has 0 aliphatic carbocycles. The number of β-amino-alcohol motifs (C(OH)–C–C–N with tert-alkyl or cyclic N) is 1. The fourth-order valence-electron chi connectivity index (χ4n) is 6.09. The van der Waals surface area contributed by atoms with E-state index >= 15 is 0 Å². The molecule has 2 aromatic rings. The van der Waals surface area contributed by atoms with E-state index in [-0.39, 0.29) is 12.1 Å². The van der Waals surface area contributed by atoms with Crippen LogP contribution in [0.3, 0.4) is 0 Å². The number of hydrogen-bond acceptors (Lipinski definition) is 7. The number of anilines is 1. The Hall–Kier alpha value is -2.65. The number of fused-ring (bicyclic) bond motifs is 3. The van der Waals surface area contributed by atoms with Crippen molar-refractivity contribution < 1.29 is 19.7 Å². The normalized spacial score (nSPS) is 25.6. The first-order chi connectivity index (χ1) is 17.0. The molecule has 35 heavy (non-hydrogen) atoms. The zero-order valence-electron chi connectivity index (χ0n) is 20.1. The molecule has 0 radical (unpaired) electrons. The number of piperazine rings is 1. The molecule has 0 aromatic heterocycles. The highest BCUT2D eigenvalue weighted by Gasteiger charge is 2.38. The molecule has 1 amide bonds. The lowest BCUT2D eigenvalue weighted by Gasteiger charge is -2.39. The predicted molar refractivity (Wildman–Crippen MR) is 132 cm³/mol. The van der Waals surface area contributed by atoms with Gasteiger partial charge in [0.15, 0.2) is 0 Å². The summed E-state index contributed by atoms with van der Waals surface area (Å²) < 4.78 is 5.19. The van der Waals surface area contributed by atoms with Gasteiger partial charge in [0.1, 0.15) is 12.8 Å². The summed E-state index contributed by atoms with van der Waals surface area (Å²) >= 11 is 0. The van der Waals surface area contributed by atoms with Gasteiger partial charge in [-0.05, 0) is 47.2 Å². The van der Waals surface area contributed by atoms with Gasteiger partial charge < -0.3 is 19.8 Å². The first kappa shape index (κ1) is 22.8. The second-order valence-corrected chi connectivity index (χ2v) is 10.3. The van der Waals surface area contributed by atoms with Gasteiger partial charge in [-0.15, -0.1) is 0 Å². The molecule has 4 heterocycles. The van der Waals surface area contributed by atoms with Crippen LogP contribution in [0.25, 0.3) is 0 Å². The summed E-state index contributed by atoms with van der Waals surface area (Å²) in [7, 11) is 0. The van der Waals surface area contributed by atoms with Crippen LogP contribution in [0.15, 0.2) is 42.5 Å². The number of cyclic esters (lactones) is 1. The molecule has 4 aliphatic rings. The average molecular weight is 479 g/mol. The first-order valence-corrected chi connectivity index (χ1v) is 12.8. The predicted octanol–water partition coefficient (Wildman–Crippen LogP) is 1.60. The number of hydrogen-bond donors (Lipinski definition) is 2. The Morgan fingerprint density at radius 2 is 1.80 bits per heavy atom. The minimum Gasteiger partial charge on any atom is -0.447 e. The summed E-state index contributed by atoms with van der Waals surface area (Å²) in [5.74, 6) is 0. The molecule has 2 aromatic carbocycles. The first-order valence-electron chi connectivity index (χ1n) is 12.8. The molecule has 0 bridgehead atoms. The Labute approximate surface area is 206 Å². The molecule has 4 aliphatic heterocycles. The van der Waals surface area contributed by atoms with Gasteiger partial charge in [-0.25, -0.2) is 4.79 Å². The minimum absolute atomic E-state index is 0.114. The maximum atomic E-state index is 11.8. The number of carbonyl (C=O) groups is 1. The minimum atomic E-state index is -0.706. The lowest BCUT2D eigenvalue weighted by Crippen LogP contribution is -2.52. The standard InChI is InChI=1S/C27H34N4O4/c32-24(16-28-9-7-19-3-1-2-4-21(19)14-28)17-30-10-8-20-13-22(5-6-25(20)26(30)33)29-11-12-31-23(15-29)18-35-27(31)34/h1-6,13,23-24,26,32-33H,7-12,14-18H2/t23?,24-,26?/m1/s1. The van der Waals surface area contributed by atoms with Crippen LogP contribution in [0.1, 0.15) is 28.5 Å². The molecular weight excluding hydrogens is 444 g/mol. The molecule has 2 fully saturated rings. The van der Waals surface area contributed by atoms with Crippen molar-refractivity contribution in [2.75, 3.05) is 57.3 Å². The lowest BCUT2D eigenvalue weighted by atomic mass is 9.96. The van der Waals surface area contributed by atoms with Gasteiger partial charge in [0.2, 0.25) is 0 Å². The van der Waals surface area contributed by atoms with Crippen LogP contribution in [-0.4, -0.2) is 95.6 Å². The molecule has 8 nitrogen and oxygen atoms in total. The van der Waals surface area contributed by atoms with Crippen molar-refractivity contribution in [1.29, 1.82) is 0 Å². The van der Waals surface area contributed by atoms with Gasteiger partial charge in [0.25, 0.3) is 0 Å². The summed E-state index contributed by atoms with van der Waals surface area (Å²) in [6.45, 7) is 6.31. The van der Waals surface area contributed by atoms with Crippen LogP contribution in [0, 0.1) is 0 Å². The molecule has 2 unspecified atom stereocenters. The maximum absolute atomic E-state index is 11.8. The largest absolute Gasteiger partial charge is 0.447 e. The molecule has 2 N–H and O–H groups in total. The average Bonchev–Trinajstić information content (AvgIpc) is 3.25. The summed E-state index contributed by atoms with van der Waals surface area (Å²) in [4.78, 5) is 20.2. The highest BCUT2D eigenvalue weighted by atomic mass is 16.6. The van der Waals surface area contributed by atoms with Crippen molar-refractivity contribution in [3.8, 4) is 0 Å². The third-order valence-electron chi connectivity index (χ3n) is 8.02. The van der Waals surface area contributed by atoms with Crippen molar-refractivity contribution in [1.82, 2.24) is 14.7 Å². The number of nitrogens with zero attached hydrogens (tertiary/aromatic N) is 4. The molecule has 0 saturated carbocycles. The molecule has 6 rings (SSSR count). The van der Waals surface area contributed by atoms with Crippen LogP contribution >= 0.6 is 0 Å². The number of amides is 1. The van der Waals surface area contributed by atoms with Gasteiger partial charge in [0.05, 0.1) is 12.1 Å². The number of benzene rings is 2. The number of carbonyl (C=O) groups excluding carboxylic acids is 1. The Balaban J connectivity index is 1.06. The summed E-state index contributed by atoms with van der Waals surface area (Å²) in [6, 6.07) is 14.9. The molecule has 186 valence electrons. The fourth-order valence-corrected chi connectivity index (χ4v) is 6.09. The van der Waals surface area contributed by atoms with Gasteiger partial charge in [-0.2, -0.15) is 0 Å². The van der Waals surface area contributed by atoms with E-state index in [2.05, 4.69) is 46.2 Å². The van der Waals surface area contributed by atoms with Crippen LogP contribution in [0.2, 0.25) is 0 Å². The summed E-state index contributed by atoms with van der Waals surface area (Å²) in [5, 5.41) is 21.9. The van der Waals surface area contributed by atoms with E-state index in [9.17, 15) is 15.0 Å². The zero-order chi connectivity index (χ0) is 23.9. The lowest BCUT2D eigenvalue weighted by molar-refractivity contribution is -0.0376. The third kappa shape index (κ3) is 4.51. The molecule has 0 spiro atoms. The van der Waals surface area contributed by atoms with Gasteiger partial charge >= 0.3 is 6.09 Å². The van der Waals surface area contributed by atoms with Crippen LogP contribution in [-0.2, 0) is 24.1 Å². The van der Waals surface area contributed by atoms with Gasteiger partial charge in [-0.1, -0.05) is 30.3 Å². The topological polar surface area (TPSA) is 79.7 Å². The Morgan fingerprint density at radius 3 is 2.69 bits per heavy atom. The van der Waals surface area contributed by atoms with E-state index < -0.39 is 12.3 Å². The molecular formula is C27H34N4O4. The number of aliphatic hydroxyl groups excluding tert-OH is 2. The van der Waals surface area contributed by atoms with E-state index in [0.717, 1.165) is 62.4 Å². The van der Waals surface area contributed by atoms with Crippen molar-refractivity contribution in [2.45, 2.75) is 37.8 Å². The summed E-state index contributed by atoms with van der Waals surface area (Å²) in [6.07, 6.45) is 0.445. The fraction of sp³-hybridized carbons (Fsp3) is 0.519.